The van der Waals surface area contributed by atoms with Crippen molar-refractivity contribution in [2.45, 2.75) is 24.8 Å². The van der Waals surface area contributed by atoms with Crippen molar-refractivity contribution < 1.29 is 0 Å². The van der Waals surface area contributed by atoms with Gasteiger partial charge in [-0.3, -0.25) is 0 Å². The van der Waals surface area contributed by atoms with E-state index in [1.807, 2.05) is 0 Å². The van der Waals surface area contributed by atoms with Crippen LogP contribution in [-0.4, -0.2) is 24.3 Å². The van der Waals surface area contributed by atoms with Gasteiger partial charge in [0.05, 0.1) is 5.03 Å². The van der Waals surface area contributed by atoms with Crippen molar-refractivity contribution in [1.82, 2.24) is 0 Å². The topological polar surface area (TPSA) is 0 Å². The standard InChI is InChI=1S/C8H5Cl11/c9-2-1-6(14,15)5(13)8(18,19)7(16,17)3(10)4(11)12/h5H,1-2H2. The molecule has 0 aliphatic carbocycles. The minimum Gasteiger partial charge on any atom is -0.127 e. The summed E-state index contributed by atoms with van der Waals surface area (Å²) < 4.78 is -6.25. The van der Waals surface area contributed by atoms with Gasteiger partial charge in [0, 0.05) is 5.88 Å². The van der Waals surface area contributed by atoms with Crippen LogP contribution >= 0.6 is 128 Å². The first kappa shape index (κ1) is 21.9. The van der Waals surface area contributed by atoms with E-state index in [0.29, 0.717) is 0 Å². The number of rotatable bonds is 6. The molecule has 1 unspecified atom stereocenters. The summed E-state index contributed by atoms with van der Waals surface area (Å²) in [5.41, 5.74) is 0. The molecule has 0 aromatic heterocycles. The molecule has 0 fully saturated rings. The van der Waals surface area contributed by atoms with Crippen LogP contribution in [-0.2, 0) is 0 Å². The normalized spacial score (nSPS) is 15.3. The predicted octanol–water partition coefficient (Wildman–Crippen LogP) is 7.63. The zero-order chi connectivity index (χ0) is 15.6. The molecule has 11 heteroatoms. The van der Waals surface area contributed by atoms with Gasteiger partial charge in [-0.1, -0.05) is 104 Å². The van der Waals surface area contributed by atoms with Gasteiger partial charge in [0.25, 0.3) is 0 Å². The molecule has 0 nitrogen and oxygen atoms in total. The molecule has 0 spiro atoms. The molecule has 1 atom stereocenters. The lowest BCUT2D eigenvalue weighted by Gasteiger charge is -2.40. The highest BCUT2D eigenvalue weighted by molar-refractivity contribution is 6.71. The quantitative estimate of drug-likeness (QED) is 0.336. The average molecular weight is 491 g/mol. The molecular formula is C8H5Cl11. The molecule has 0 N–H and O–H groups in total. The van der Waals surface area contributed by atoms with Crippen LogP contribution in [0.5, 0.6) is 0 Å². The molecule has 0 saturated carbocycles. The molecule has 19 heavy (non-hydrogen) atoms. The van der Waals surface area contributed by atoms with E-state index in [1.165, 1.54) is 0 Å². The lowest BCUT2D eigenvalue weighted by atomic mass is 10.1. The third-order valence-corrected chi connectivity index (χ3v) is 7.73. The van der Waals surface area contributed by atoms with Gasteiger partial charge in [0.15, 0.2) is 8.67 Å². The molecule has 0 radical (unpaired) electrons. The van der Waals surface area contributed by atoms with E-state index >= 15 is 0 Å². The Morgan fingerprint density at radius 3 is 1.63 bits per heavy atom. The van der Waals surface area contributed by atoms with E-state index in [9.17, 15) is 0 Å². The van der Waals surface area contributed by atoms with E-state index in [1.54, 1.807) is 0 Å². The predicted molar refractivity (Wildman–Crippen MR) is 92.9 cm³/mol. The Morgan fingerprint density at radius 1 is 0.895 bits per heavy atom. The monoisotopic (exact) mass is 486 g/mol. The highest BCUT2D eigenvalue weighted by Crippen LogP contribution is 2.57. The summed E-state index contributed by atoms with van der Waals surface area (Å²) in [6.45, 7) is 0. The lowest BCUT2D eigenvalue weighted by molar-refractivity contribution is 0.598. The van der Waals surface area contributed by atoms with Crippen LogP contribution in [0.25, 0.3) is 0 Å². The van der Waals surface area contributed by atoms with Crippen molar-refractivity contribution in [3.8, 4) is 0 Å². The maximum atomic E-state index is 6.06. The largest absolute Gasteiger partial charge is 0.190 e. The van der Waals surface area contributed by atoms with E-state index in [2.05, 4.69) is 0 Å². The van der Waals surface area contributed by atoms with Gasteiger partial charge in [-0.25, -0.2) is 0 Å². The van der Waals surface area contributed by atoms with Gasteiger partial charge in [-0.2, -0.15) is 0 Å². The van der Waals surface area contributed by atoms with Gasteiger partial charge in [0.2, 0.25) is 0 Å². The van der Waals surface area contributed by atoms with Crippen LogP contribution in [0.15, 0.2) is 9.52 Å². The minimum absolute atomic E-state index is 0.0762. The van der Waals surface area contributed by atoms with Crippen LogP contribution in [0.1, 0.15) is 6.42 Å². The smallest absolute Gasteiger partial charge is 0.127 e. The molecule has 0 amide bonds. The summed E-state index contributed by atoms with van der Waals surface area (Å²) in [6.07, 6.45) is 0.0762. The molecule has 0 aromatic carbocycles. The maximum absolute atomic E-state index is 6.06. The summed E-state index contributed by atoms with van der Waals surface area (Å²) in [5, 5.41) is -1.74. The fourth-order valence-corrected chi connectivity index (χ4v) is 4.25. The first-order chi connectivity index (χ1) is 8.32. The SMILES string of the molecule is ClCCC(Cl)(Cl)C(Cl)C(Cl)(Cl)C(Cl)(Cl)C(Cl)=C(Cl)Cl. The molecule has 0 heterocycles. The van der Waals surface area contributed by atoms with E-state index in [0.717, 1.165) is 0 Å². The van der Waals surface area contributed by atoms with Gasteiger partial charge in [0.1, 0.15) is 14.2 Å². The molecular weight excluding hydrogens is 486 g/mol. The Hall–Kier alpha value is 2.93. The third kappa shape index (κ3) is 5.21. The first-order valence-corrected chi connectivity index (χ1v) is 8.74. The zero-order valence-corrected chi connectivity index (χ0v) is 17.0. The number of allylic oxidation sites excluding steroid dienone is 1. The van der Waals surface area contributed by atoms with Crippen LogP contribution in [0.4, 0.5) is 0 Å². The fraction of sp³-hybridized carbons (Fsp3) is 0.750. The number of halogens is 11. The second kappa shape index (κ2) is 8.15. The first-order valence-electron chi connectivity index (χ1n) is 4.37. The van der Waals surface area contributed by atoms with Gasteiger partial charge < -0.3 is 0 Å². The van der Waals surface area contributed by atoms with Crippen molar-refractivity contribution in [1.29, 1.82) is 0 Å². The Kier molecular flexibility index (Phi) is 9.41. The van der Waals surface area contributed by atoms with Crippen LogP contribution in [0.3, 0.4) is 0 Å². The van der Waals surface area contributed by atoms with E-state index in [4.69, 9.17) is 128 Å². The molecule has 0 aliphatic heterocycles. The van der Waals surface area contributed by atoms with Gasteiger partial charge >= 0.3 is 0 Å². The maximum Gasteiger partial charge on any atom is 0.190 e. The van der Waals surface area contributed by atoms with Crippen molar-refractivity contribution in [3.05, 3.63) is 9.52 Å². The zero-order valence-electron chi connectivity index (χ0n) is 8.65. The number of hydrogen-bond acceptors (Lipinski definition) is 0. The van der Waals surface area contributed by atoms with Crippen molar-refractivity contribution in [2.24, 2.45) is 0 Å². The van der Waals surface area contributed by atoms with Crippen LogP contribution < -0.4 is 0 Å². The Morgan fingerprint density at radius 2 is 1.32 bits per heavy atom. The Labute approximate surface area is 166 Å². The average Bonchev–Trinajstić information content (AvgIpc) is 2.26. The van der Waals surface area contributed by atoms with Crippen molar-refractivity contribution >= 4 is 128 Å². The molecule has 0 aliphatic rings. The van der Waals surface area contributed by atoms with E-state index in [-0.39, 0.29) is 12.3 Å². The van der Waals surface area contributed by atoms with Crippen molar-refractivity contribution in [3.63, 3.8) is 0 Å². The summed E-state index contributed by atoms with van der Waals surface area (Å²) in [7, 11) is 0. The van der Waals surface area contributed by atoms with Crippen LogP contribution in [0, 0.1) is 0 Å². The number of hydrogen-bond donors (Lipinski definition) is 0. The second-order valence-corrected chi connectivity index (χ2v) is 9.73. The minimum atomic E-state index is -2.13. The molecule has 0 saturated heterocycles. The lowest BCUT2D eigenvalue weighted by Crippen LogP contribution is -2.51. The van der Waals surface area contributed by atoms with Crippen molar-refractivity contribution in [2.75, 3.05) is 5.88 Å². The van der Waals surface area contributed by atoms with Gasteiger partial charge in [-0.05, 0) is 6.42 Å². The molecule has 0 rings (SSSR count). The molecule has 0 bridgehead atoms. The fourth-order valence-electron chi connectivity index (χ4n) is 0.942. The van der Waals surface area contributed by atoms with Crippen LogP contribution in [0.2, 0.25) is 0 Å². The molecule has 0 aromatic rings. The highest BCUT2D eigenvalue weighted by atomic mass is 35.5. The molecule has 114 valence electrons. The highest BCUT2D eigenvalue weighted by Gasteiger charge is 2.60. The van der Waals surface area contributed by atoms with Gasteiger partial charge in [-0.15, -0.1) is 23.2 Å². The summed E-state index contributed by atoms with van der Waals surface area (Å²) in [5.74, 6) is 0.109. The Balaban J connectivity index is 5.55. The summed E-state index contributed by atoms with van der Waals surface area (Å²) >= 11 is 64.5. The second-order valence-electron chi connectivity index (χ2n) is 3.33. The van der Waals surface area contributed by atoms with E-state index < -0.39 is 27.9 Å². The third-order valence-electron chi connectivity index (χ3n) is 1.98. The summed E-state index contributed by atoms with van der Waals surface area (Å²) in [6, 6.07) is 0. The summed E-state index contributed by atoms with van der Waals surface area (Å²) in [4.78, 5) is 0. The number of alkyl halides is 8. The Bertz CT molecular complexity index is 341.